The summed E-state index contributed by atoms with van der Waals surface area (Å²) in [5, 5.41) is 0. The molecular weight excluding hydrogens is 366 g/mol. The molecule has 0 spiro atoms. The first kappa shape index (κ1) is 21.1. The molecule has 0 aromatic heterocycles. The highest BCUT2D eigenvalue weighted by Gasteiger charge is 2.48. The Labute approximate surface area is 175 Å². The van der Waals surface area contributed by atoms with Gasteiger partial charge in [-0.3, -0.25) is 9.59 Å². The standard InChI is InChI=1S/C24H38NO4/c1-17(15-28-23(26)5-4-8-25-6-2-3-7-25)16-29-24(27)14-22-20-10-18-9-19(12-20)13-21(22)11-18/h17-22H,1-16H2. The van der Waals surface area contributed by atoms with E-state index in [4.69, 9.17) is 9.47 Å². The van der Waals surface area contributed by atoms with Crippen molar-refractivity contribution in [3.63, 3.8) is 0 Å². The predicted molar refractivity (Wildman–Crippen MR) is 111 cm³/mol. The number of carbonyl (C=O) groups excluding carboxylic acids is 2. The SMILES string of the molecule is [CH2]C(COC(=O)CCCN1CCCC1)COC(=O)CC1C2CC3CC(C2)CC1C3. The van der Waals surface area contributed by atoms with Gasteiger partial charge in [0.2, 0.25) is 0 Å². The molecule has 1 radical (unpaired) electrons. The van der Waals surface area contributed by atoms with Gasteiger partial charge in [0.15, 0.2) is 0 Å². The van der Waals surface area contributed by atoms with Crippen LogP contribution in [-0.4, -0.2) is 49.7 Å². The molecule has 0 N–H and O–H groups in total. The second kappa shape index (κ2) is 9.80. The van der Waals surface area contributed by atoms with Crippen LogP contribution < -0.4 is 0 Å². The Bertz CT molecular complexity index is 543. The van der Waals surface area contributed by atoms with Crippen molar-refractivity contribution in [2.45, 2.75) is 64.2 Å². The summed E-state index contributed by atoms with van der Waals surface area (Å²) in [6.07, 6.45) is 11.2. The largest absolute Gasteiger partial charge is 0.465 e. The van der Waals surface area contributed by atoms with Gasteiger partial charge < -0.3 is 14.4 Å². The van der Waals surface area contributed by atoms with E-state index in [1.165, 1.54) is 44.9 Å². The average Bonchev–Trinajstić information content (AvgIpc) is 3.20. The fourth-order valence-electron chi connectivity index (χ4n) is 6.62. The molecule has 1 atom stereocenters. The third-order valence-corrected chi connectivity index (χ3v) is 7.84. The minimum absolute atomic E-state index is 0.0898. The molecule has 0 amide bonds. The highest BCUT2D eigenvalue weighted by molar-refractivity contribution is 5.70. The first-order valence-electron chi connectivity index (χ1n) is 11.9. The van der Waals surface area contributed by atoms with E-state index in [0.717, 1.165) is 49.7 Å². The molecule has 29 heavy (non-hydrogen) atoms. The number of carbonyl (C=O) groups is 2. The van der Waals surface area contributed by atoms with Crippen LogP contribution in [0.3, 0.4) is 0 Å². The topological polar surface area (TPSA) is 55.8 Å². The zero-order chi connectivity index (χ0) is 20.2. The predicted octanol–water partition coefficient (Wildman–Crippen LogP) is 3.86. The van der Waals surface area contributed by atoms with E-state index < -0.39 is 0 Å². The van der Waals surface area contributed by atoms with E-state index >= 15 is 0 Å². The van der Waals surface area contributed by atoms with Crippen molar-refractivity contribution >= 4 is 11.9 Å². The van der Waals surface area contributed by atoms with Crippen LogP contribution in [0.2, 0.25) is 0 Å². The molecule has 1 saturated heterocycles. The summed E-state index contributed by atoms with van der Waals surface area (Å²) >= 11 is 0. The lowest BCUT2D eigenvalue weighted by atomic mass is 9.51. The van der Waals surface area contributed by atoms with Crippen LogP contribution in [0, 0.1) is 42.4 Å². The van der Waals surface area contributed by atoms with Crippen LogP contribution in [-0.2, 0) is 19.1 Å². The highest BCUT2D eigenvalue weighted by Crippen LogP contribution is 2.57. The minimum atomic E-state index is -0.194. The zero-order valence-corrected chi connectivity index (χ0v) is 17.9. The van der Waals surface area contributed by atoms with Gasteiger partial charge in [-0.2, -0.15) is 0 Å². The van der Waals surface area contributed by atoms with Crippen LogP contribution in [0.15, 0.2) is 0 Å². The van der Waals surface area contributed by atoms with Gasteiger partial charge in [0.05, 0.1) is 13.2 Å². The van der Waals surface area contributed by atoms with Crippen molar-refractivity contribution in [3.8, 4) is 0 Å². The summed E-state index contributed by atoms with van der Waals surface area (Å²) < 4.78 is 10.8. The van der Waals surface area contributed by atoms with E-state index in [2.05, 4.69) is 11.8 Å². The second-order valence-electron chi connectivity index (χ2n) is 10.2. The quantitative estimate of drug-likeness (QED) is 0.518. The van der Waals surface area contributed by atoms with Crippen molar-refractivity contribution in [2.24, 2.45) is 35.5 Å². The van der Waals surface area contributed by atoms with Crippen LogP contribution >= 0.6 is 0 Å². The van der Waals surface area contributed by atoms with Crippen LogP contribution in [0.4, 0.5) is 0 Å². The lowest BCUT2D eigenvalue weighted by Gasteiger charge is -2.54. The van der Waals surface area contributed by atoms with Crippen molar-refractivity contribution in [2.75, 3.05) is 32.8 Å². The maximum Gasteiger partial charge on any atom is 0.306 e. The molecule has 5 nitrogen and oxygen atoms in total. The van der Waals surface area contributed by atoms with E-state index in [-0.39, 0.29) is 31.1 Å². The number of ether oxygens (including phenoxy) is 2. The first-order chi connectivity index (χ1) is 14.1. The van der Waals surface area contributed by atoms with Gasteiger partial charge in [-0.1, -0.05) is 0 Å². The molecule has 5 aliphatic rings. The van der Waals surface area contributed by atoms with Crippen LogP contribution in [0.5, 0.6) is 0 Å². The van der Waals surface area contributed by atoms with Gasteiger partial charge in [0.25, 0.3) is 0 Å². The van der Waals surface area contributed by atoms with Gasteiger partial charge >= 0.3 is 11.9 Å². The molecule has 5 fully saturated rings. The molecule has 0 aromatic carbocycles. The molecule has 1 heterocycles. The molecule has 4 bridgehead atoms. The van der Waals surface area contributed by atoms with Crippen molar-refractivity contribution in [3.05, 3.63) is 6.92 Å². The molecule has 4 saturated carbocycles. The Morgan fingerprint density at radius 2 is 1.48 bits per heavy atom. The highest BCUT2D eigenvalue weighted by atomic mass is 16.5. The molecular formula is C24H38NO4. The van der Waals surface area contributed by atoms with E-state index in [0.29, 0.717) is 18.8 Å². The number of esters is 2. The molecule has 5 rings (SSSR count). The smallest absolute Gasteiger partial charge is 0.306 e. The fourth-order valence-corrected chi connectivity index (χ4v) is 6.62. The third-order valence-electron chi connectivity index (χ3n) is 7.84. The number of nitrogens with zero attached hydrogens (tertiary/aromatic N) is 1. The fraction of sp³-hybridized carbons (Fsp3) is 0.875. The molecule has 1 aliphatic heterocycles. The van der Waals surface area contributed by atoms with Gasteiger partial charge in [-0.25, -0.2) is 0 Å². The van der Waals surface area contributed by atoms with Crippen LogP contribution in [0.25, 0.3) is 0 Å². The van der Waals surface area contributed by atoms with Crippen molar-refractivity contribution in [1.29, 1.82) is 0 Å². The van der Waals surface area contributed by atoms with Crippen molar-refractivity contribution in [1.82, 2.24) is 4.90 Å². The molecule has 5 heteroatoms. The number of hydrogen-bond donors (Lipinski definition) is 0. The molecule has 4 aliphatic carbocycles. The third kappa shape index (κ3) is 5.74. The number of likely N-dealkylation sites (tertiary alicyclic amines) is 1. The summed E-state index contributed by atoms with van der Waals surface area (Å²) in [6, 6.07) is 0. The summed E-state index contributed by atoms with van der Waals surface area (Å²) in [4.78, 5) is 26.7. The Balaban J connectivity index is 1.07. The zero-order valence-electron chi connectivity index (χ0n) is 17.9. The number of rotatable bonds is 10. The maximum absolute atomic E-state index is 12.4. The van der Waals surface area contributed by atoms with E-state index in [1.54, 1.807) is 0 Å². The Morgan fingerprint density at radius 1 is 0.897 bits per heavy atom. The maximum atomic E-state index is 12.4. The monoisotopic (exact) mass is 404 g/mol. The molecule has 163 valence electrons. The lowest BCUT2D eigenvalue weighted by molar-refractivity contribution is -0.151. The number of hydrogen-bond acceptors (Lipinski definition) is 5. The Kier molecular flexibility index (Phi) is 7.15. The van der Waals surface area contributed by atoms with Gasteiger partial charge in [0.1, 0.15) is 0 Å². The first-order valence-corrected chi connectivity index (χ1v) is 11.9. The summed E-state index contributed by atoms with van der Waals surface area (Å²) in [6.45, 7) is 7.75. The second-order valence-corrected chi connectivity index (χ2v) is 10.2. The van der Waals surface area contributed by atoms with Crippen LogP contribution in [0.1, 0.15) is 64.2 Å². The Hall–Kier alpha value is -1.10. The summed E-state index contributed by atoms with van der Waals surface area (Å²) in [5.74, 6) is 3.43. The summed E-state index contributed by atoms with van der Waals surface area (Å²) in [5.41, 5.74) is 0. The van der Waals surface area contributed by atoms with Gasteiger partial charge in [0, 0.05) is 18.8 Å². The summed E-state index contributed by atoms with van der Waals surface area (Å²) in [7, 11) is 0. The minimum Gasteiger partial charge on any atom is -0.465 e. The van der Waals surface area contributed by atoms with E-state index in [1.807, 2.05) is 0 Å². The molecule has 1 unspecified atom stereocenters. The Morgan fingerprint density at radius 3 is 2.10 bits per heavy atom. The molecule has 0 aromatic rings. The normalized spacial score (nSPS) is 34.3. The van der Waals surface area contributed by atoms with Gasteiger partial charge in [-0.15, -0.1) is 0 Å². The van der Waals surface area contributed by atoms with Crippen molar-refractivity contribution < 1.29 is 19.1 Å². The van der Waals surface area contributed by atoms with Gasteiger partial charge in [-0.05, 0) is 108 Å². The lowest BCUT2D eigenvalue weighted by Crippen LogP contribution is -2.45. The van der Waals surface area contributed by atoms with E-state index in [9.17, 15) is 9.59 Å². The average molecular weight is 405 g/mol.